The molecule has 0 atom stereocenters. The topological polar surface area (TPSA) is 80.5 Å². The second-order valence-electron chi connectivity index (χ2n) is 4.47. The van der Waals surface area contributed by atoms with Crippen molar-refractivity contribution < 1.29 is 22.0 Å². The molecule has 0 heterocycles. The maximum atomic E-state index is 13.3. The van der Waals surface area contributed by atoms with Gasteiger partial charge in [0.15, 0.2) is 11.6 Å². The predicted octanol–water partition coefficient (Wildman–Crippen LogP) is 1.65. The van der Waals surface area contributed by atoms with Crippen LogP contribution in [0.3, 0.4) is 0 Å². The molecule has 5 nitrogen and oxygen atoms in total. The van der Waals surface area contributed by atoms with Crippen molar-refractivity contribution in [1.82, 2.24) is 4.90 Å². The summed E-state index contributed by atoms with van der Waals surface area (Å²) in [5, 5.41) is 4.94. The SMILES string of the molecule is C=CCCCN(C)C(=O)c1cc(F)c(F)cc1S(N)(=O)=O. The van der Waals surface area contributed by atoms with Crippen molar-refractivity contribution in [3.05, 3.63) is 42.0 Å². The lowest BCUT2D eigenvalue weighted by Crippen LogP contribution is -2.30. The zero-order chi connectivity index (χ0) is 16.2. The third-order valence-corrected chi connectivity index (χ3v) is 3.76. The number of rotatable bonds is 6. The van der Waals surface area contributed by atoms with E-state index in [9.17, 15) is 22.0 Å². The molecule has 116 valence electrons. The number of nitrogens with two attached hydrogens (primary N) is 1. The number of amides is 1. The van der Waals surface area contributed by atoms with E-state index in [1.807, 2.05) is 0 Å². The van der Waals surface area contributed by atoms with Crippen LogP contribution in [0.15, 0.2) is 29.7 Å². The molecule has 8 heteroatoms. The molecule has 0 aliphatic rings. The molecule has 0 aromatic heterocycles. The minimum Gasteiger partial charge on any atom is -0.342 e. The monoisotopic (exact) mass is 318 g/mol. The highest BCUT2D eigenvalue weighted by Crippen LogP contribution is 2.20. The molecule has 0 aliphatic carbocycles. The Labute approximate surface area is 122 Å². The molecule has 0 saturated carbocycles. The maximum Gasteiger partial charge on any atom is 0.255 e. The first-order chi connectivity index (χ1) is 9.68. The van der Waals surface area contributed by atoms with E-state index in [0.717, 1.165) is 0 Å². The molecule has 0 bridgehead atoms. The number of primary sulfonamides is 1. The second-order valence-corrected chi connectivity index (χ2v) is 5.99. The largest absolute Gasteiger partial charge is 0.342 e. The standard InChI is InChI=1S/C13H16F2N2O3S/c1-3-4-5-6-17(2)13(18)9-7-10(14)11(15)8-12(9)21(16,19)20/h3,7-8H,1,4-6H2,2H3,(H2,16,19,20). The number of sulfonamides is 1. The Balaban J connectivity index is 3.19. The number of halogens is 2. The Kier molecular flexibility index (Phi) is 5.56. The van der Waals surface area contributed by atoms with Crippen LogP contribution in [0.1, 0.15) is 23.2 Å². The summed E-state index contributed by atoms with van der Waals surface area (Å²) >= 11 is 0. The molecule has 1 aromatic carbocycles. The molecule has 0 fully saturated rings. The molecular weight excluding hydrogens is 302 g/mol. The van der Waals surface area contributed by atoms with Crippen LogP contribution in [-0.2, 0) is 10.0 Å². The van der Waals surface area contributed by atoms with Crippen molar-refractivity contribution in [3.63, 3.8) is 0 Å². The van der Waals surface area contributed by atoms with Gasteiger partial charge in [0.25, 0.3) is 5.91 Å². The lowest BCUT2D eigenvalue weighted by Gasteiger charge is -2.18. The first-order valence-electron chi connectivity index (χ1n) is 6.06. The summed E-state index contributed by atoms with van der Waals surface area (Å²) in [6.07, 6.45) is 2.95. The van der Waals surface area contributed by atoms with Crippen LogP contribution in [-0.4, -0.2) is 32.8 Å². The van der Waals surface area contributed by atoms with Crippen LogP contribution >= 0.6 is 0 Å². The fraction of sp³-hybridized carbons (Fsp3) is 0.308. The number of nitrogens with zero attached hydrogens (tertiary/aromatic N) is 1. The van der Waals surface area contributed by atoms with E-state index >= 15 is 0 Å². The minimum absolute atomic E-state index is 0.313. The molecule has 1 rings (SSSR count). The highest BCUT2D eigenvalue weighted by Gasteiger charge is 2.24. The van der Waals surface area contributed by atoms with Crippen LogP contribution in [0.4, 0.5) is 8.78 Å². The fourth-order valence-corrected chi connectivity index (χ4v) is 2.43. The quantitative estimate of drug-likeness (QED) is 0.640. The van der Waals surface area contributed by atoms with Gasteiger partial charge >= 0.3 is 0 Å². The molecule has 0 unspecified atom stereocenters. The molecule has 21 heavy (non-hydrogen) atoms. The average molecular weight is 318 g/mol. The number of hydrogen-bond donors (Lipinski definition) is 1. The van der Waals surface area contributed by atoms with Gasteiger partial charge in [0.1, 0.15) is 0 Å². The van der Waals surface area contributed by atoms with Crippen molar-refractivity contribution >= 4 is 15.9 Å². The Bertz CT molecular complexity index is 660. The van der Waals surface area contributed by atoms with Gasteiger partial charge in [-0.25, -0.2) is 22.3 Å². The van der Waals surface area contributed by atoms with Gasteiger partial charge in [0.05, 0.1) is 10.5 Å². The van der Waals surface area contributed by atoms with E-state index in [4.69, 9.17) is 5.14 Å². The van der Waals surface area contributed by atoms with Crippen molar-refractivity contribution in [2.24, 2.45) is 5.14 Å². The fourth-order valence-electron chi connectivity index (χ4n) is 1.71. The number of unbranched alkanes of at least 4 members (excludes halogenated alkanes) is 1. The van der Waals surface area contributed by atoms with E-state index in [0.29, 0.717) is 31.5 Å². The molecule has 0 aliphatic heterocycles. The summed E-state index contributed by atoms with van der Waals surface area (Å²) in [5.74, 6) is -3.45. The molecule has 1 aromatic rings. The van der Waals surface area contributed by atoms with E-state index in [1.54, 1.807) is 6.08 Å². The van der Waals surface area contributed by atoms with Gasteiger partial charge in [0.2, 0.25) is 10.0 Å². The van der Waals surface area contributed by atoms with Gasteiger partial charge < -0.3 is 4.90 Å². The second kappa shape index (κ2) is 6.77. The predicted molar refractivity (Wildman–Crippen MR) is 74.1 cm³/mol. The number of hydrogen-bond acceptors (Lipinski definition) is 3. The van der Waals surface area contributed by atoms with Gasteiger partial charge in [-0.2, -0.15) is 0 Å². The molecule has 0 saturated heterocycles. The van der Waals surface area contributed by atoms with Crippen LogP contribution in [0.5, 0.6) is 0 Å². The van der Waals surface area contributed by atoms with Crippen LogP contribution in [0, 0.1) is 11.6 Å². The average Bonchev–Trinajstić information content (AvgIpc) is 2.39. The number of carbonyl (C=O) groups excluding carboxylic acids is 1. The zero-order valence-corrected chi connectivity index (χ0v) is 12.3. The van der Waals surface area contributed by atoms with E-state index in [1.165, 1.54) is 11.9 Å². The molecular formula is C13H16F2N2O3S. The maximum absolute atomic E-state index is 13.3. The summed E-state index contributed by atoms with van der Waals surface area (Å²) in [5.41, 5.74) is -0.488. The number of allylic oxidation sites excluding steroid dienone is 1. The number of benzene rings is 1. The van der Waals surface area contributed by atoms with Crippen molar-refractivity contribution in [3.8, 4) is 0 Å². The normalized spacial score (nSPS) is 11.2. The van der Waals surface area contributed by atoms with E-state index in [-0.39, 0.29) is 0 Å². The lowest BCUT2D eigenvalue weighted by molar-refractivity contribution is 0.0789. The van der Waals surface area contributed by atoms with Gasteiger partial charge in [-0.15, -0.1) is 6.58 Å². The highest BCUT2D eigenvalue weighted by molar-refractivity contribution is 7.89. The Morgan fingerprint density at radius 3 is 2.48 bits per heavy atom. The minimum atomic E-state index is -4.35. The summed E-state index contributed by atoms with van der Waals surface area (Å²) < 4.78 is 49.3. The van der Waals surface area contributed by atoms with Crippen molar-refractivity contribution in [2.75, 3.05) is 13.6 Å². The van der Waals surface area contributed by atoms with Crippen molar-refractivity contribution in [1.29, 1.82) is 0 Å². The third-order valence-electron chi connectivity index (χ3n) is 2.81. The Morgan fingerprint density at radius 2 is 1.95 bits per heavy atom. The summed E-state index contributed by atoms with van der Waals surface area (Å²) in [7, 11) is -2.92. The van der Waals surface area contributed by atoms with Crippen LogP contribution in [0.2, 0.25) is 0 Å². The van der Waals surface area contributed by atoms with Gasteiger partial charge in [-0.1, -0.05) is 6.08 Å². The van der Waals surface area contributed by atoms with E-state index < -0.39 is 38.0 Å². The highest BCUT2D eigenvalue weighted by atomic mass is 32.2. The summed E-state index contributed by atoms with van der Waals surface area (Å²) in [6, 6.07) is 0.955. The van der Waals surface area contributed by atoms with Gasteiger partial charge in [-0.05, 0) is 25.0 Å². The molecule has 1 amide bonds. The van der Waals surface area contributed by atoms with Gasteiger partial charge in [0, 0.05) is 13.6 Å². The molecule has 2 N–H and O–H groups in total. The summed E-state index contributed by atoms with van der Waals surface area (Å²) in [4.78, 5) is 12.6. The van der Waals surface area contributed by atoms with Crippen molar-refractivity contribution in [2.45, 2.75) is 17.7 Å². The first-order valence-corrected chi connectivity index (χ1v) is 7.61. The Morgan fingerprint density at radius 1 is 1.38 bits per heavy atom. The van der Waals surface area contributed by atoms with Crippen LogP contribution < -0.4 is 5.14 Å². The molecule has 0 spiro atoms. The Hall–Kier alpha value is -1.80. The number of carbonyl (C=O) groups is 1. The lowest BCUT2D eigenvalue weighted by atomic mass is 10.1. The van der Waals surface area contributed by atoms with Crippen LogP contribution in [0.25, 0.3) is 0 Å². The molecule has 0 radical (unpaired) electrons. The van der Waals surface area contributed by atoms with Gasteiger partial charge in [-0.3, -0.25) is 4.79 Å². The smallest absolute Gasteiger partial charge is 0.255 e. The third kappa shape index (κ3) is 4.33. The zero-order valence-electron chi connectivity index (χ0n) is 11.5. The summed E-state index contributed by atoms with van der Waals surface area (Å²) in [6.45, 7) is 3.85. The van der Waals surface area contributed by atoms with E-state index in [2.05, 4.69) is 6.58 Å². The first kappa shape index (κ1) is 17.3.